The summed E-state index contributed by atoms with van der Waals surface area (Å²) >= 11 is 0. The fourth-order valence-electron chi connectivity index (χ4n) is 2.81. The SMILES string of the molecule is N#Cc1ccc(Oc2nc(=NC3CC3)n3ncc(=Cc4[nH]c(=O)[nH]c4O)c3n2)cc1. The molecule has 1 fully saturated rings. The quantitative estimate of drug-likeness (QED) is 0.437. The summed E-state index contributed by atoms with van der Waals surface area (Å²) in [6, 6.07) is 8.86. The molecule has 3 aromatic heterocycles. The summed E-state index contributed by atoms with van der Waals surface area (Å²) in [5.74, 6) is 0.179. The molecule has 148 valence electrons. The van der Waals surface area contributed by atoms with E-state index in [-0.39, 0.29) is 23.6 Å². The summed E-state index contributed by atoms with van der Waals surface area (Å²) in [4.78, 5) is 29.5. The van der Waals surface area contributed by atoms with E-state index in [4.69, 9.17) is 10.00 Å². The normalized spacial score (nSPS) is 14.9. The summed E-state index contributed by atoms with van der Waals surface area (Å²) in [6.45, 7) is 0. The molecule has 1 aromatic carbocycles. The van der Waals surface area contributed by atoms with Crippen LogP contribution in [0.1, 0.15) is 24.1 Å². The maximum atomic E-state index is 11.4. The third kappa shape index (κ3) is 3.37. The molecular weight excluding hydrogens is 388 g/mol. The first-order chi connectivity index (χ1) is 14.6. The first-order valence-electron chi connectivity index (χ1n) is 9.10. The predicted octanol–water partition coefficient (Wildman–Crippen LogP) is 0.121. The maximum absolute atomic E-state index is 11.4. The van der Waals surface area contributed by atoms with Crippen LogP contribution in [0.25, 0.3) is 11.7 Å². The molecule has 0 radical (unpaired) electrons. The molecule has 1 aliphatic rings. The highest BCUT2D eigenvalue weighted by Crippen LogP contribution is 2.22. The van der Waals surface area contributed by atoms with Gasteiger partial charge in [0.25, 0.3) is 5.62 Å². The number of nitrogens with zero attached hydrogens (tertiary/aromatic N) is 6. The Kier molecular flexibility index (Phi) is 4.03. The van der Waals surface area contributed by atoms with E-state index in [1.165, 1.54) is 16.8 Å². The Labute approximate surface area is 167 Å². The average Bonchev–Trinajstić information content (AvgIpc) is 3.37. The van der Waals surface area contributed by atoms with Gasteiger partial charge in [-0.2, -0.15) is 24.8 Å². The number of ether oxygens (including phenoxy) is 1. The zero-order valence-corrected chi connectivity index (χ0v) is 15.4. The zero-order chi connectivity index (χ0) is 20.7. The number of aromatic hydroxyl groups is 1. The lowest BCUT2D eigenvalue weighted by molar-refractivity contribution is 0.435. The first-order valence-corrected chi connectivity index (χ1v) is 9.10. The van der Waals surface area contributed by atoms with Crippen molar-refractivity contribution in [3.8, 4) is 23.7 Å². The Morgan fingerprint density at radius 2 is 2.07 bits per heavy atom. The minimum atomic E-state index is -0.529. The standard InChI is InChI=1S/C19H14N8O3/c20-8-10-1-5-13(6-2-10)30-19-24-15-11(7-14-16(28)25-18(29)23-14)9-21-27(15)17(26-19)22-12-3-4-12/h1-2,5-7,9,12,28H,3-4H2,(H2,23,25,29). The van der Waals surface area contributed by atoms with Gasteiger partial charge >= 0.3 is 11.7 Å². The molecule has 0 spiro atoms. The number of hydrogen-bond donors (Lipinski definition) is 3. The molecule has 4 aromatic rings. The smallest absolute Gasteiger partial charge is 0.327 e. The van der Waals surface area contributed by atoms with Crippen LogP contribution in [0.2, 0.25) is 0 Å². The van der Waals surface area contributed by atoms with Crippen LogP contribution >= 0.6 is 0 Å². The highest BCUT2D eigenvalue weighted by molar-refractivity contribution is 5.56. The van der Waals surface area contributed by atoms with E-state index < -0.39 is 5.69 Å². The van der Waals surface area contributed by atoms with Gasteiger partial charge in [0, 0.05) is 5.22 Å². The highest BCUT2D eigenvalue weighted by atomic mass is 16.5. The second kappa shape index (κ2) is 6.85. The molecule has 3 heterocycles. The molecule has 1 saturated carbocycles. The van der Waals surface area contributed by atoms with Crippen molar-refractivity contribution in [2.75, 3.05) is 0 Å². The molecule has 3 N–H and O–H groups in total. The topological polar surface area (TPSA) is 157 Å². The van der Waals surface area contributed by atoms with Gasteiger partial charge in [0.15, 0.2) is 5.65 Å². The molecule has 5 rings (SSSR count). The molecule has 0 atom stereocenters. The first kappa shape index (κ1) is 17.6. The molecule has 0 bridgehead atoms. The third-order valence-electron chi connectivity index (χ3n) is 4.43. The van der Waals surface area contributed by atoms with Crippen molar-refractivity contribution in [2.24, 2.45) is 4.99 Å². The number of rotatable bonds is 4. The zero-order valence-electron chi connectivity index (χ0n) is 15.4. The van der Waals surface area contributed by atoms with E-state index in [9.17, 15) is 9.90 Å². The van der Waals surface area contributed by atoms with E-state index in [1.54, 1.807) is 24.3 Å². The van der Waals surface area contributed by atoms with Gasteiger partial charge in [0.05, 0.1) is 23.9 Å². The van der Waals surface area contributed by atoms with Crippen LogP contribution in [0.5, 0.6) is 17.6 Å². The molecule has 30 heavy (non-hydrogen) atoms. The largest absolute Gasteiger partial charge is 0.493 e. The Balaban J connectivity index is 1.65. The van der Waals surface area contributed by atoms with Gasteiger partial charge in [0.1, 0.15) is 11.4 Å². The Morgan fingerprint density at radius 1 is 1.27 bits per heavy atom. The van der Waals surface area contributed by atoms with Crippen molar-refractivity contribution in [1.29, 1.82) is 5.26 Å². The lowest BCUT2D eigenvalue weighted by atomic mass is 10.2. The van der Waals surface area contributed by atoms with Crippen LogP contribution in [0.3, 0.4) is 0 Å². The number of imidazole rings is 1. The van der Waals surface area contributed by atoms with Crippen LogP contribution < -0.4 is 21.3 Å². The van der Waals surface area contributed by atoms with E-state index in [1.807, 2.05) is 6.07 Å². The van der Waals surface area contributed by atoms with Crippen LogP contribution in [0, 0.1) is 11.3 Å². The number of aromatic amines is 2. The van der Waals surface area contributed by atoms with Gasteiger partial charge in [0.2, 0.25) is 5.88 Å². The number of benzene rings is 1. The van der Waals surface area contributed by atoms with Crippen molar-refractivity contribution >= 4 is 11.7 Å². The number of aromatic nitrogens is 6. The van der Waals surface area contributed by atoms with Crippen LogP contribution in [-0.2, 0) is 0 Å². The minimum Gasteiger partial charge on any atom is -0.493 e. The van der Waals surface area contributed by atoms with Gasteiger partial charge in [-0.1, -0.05) is 0 Å². The van der Waals surface area contributed by atoms with Crippen molar-refractivity contribution in [3.63, 3.8) is 0 Å². The fraction of sp³-hybridized carbons (Fsp3) is 0.158. The number of fused-ring (bicyclic) bond motifs is 1. The van der Waals surface area contributed by atoms with Gasteiger partial charge in [-0.15, -0.1) is 0 Å². The lowest BCUT2D eigenvalue weighted by Crippen LogP contribution is -2.23. The predicted molar refractivity (Wildman–Crippen MR) is 102 cm³/mol. The summed E-state index contributed by atoms with van der Waals surface area (Å²) < 4.78 is 7.25. The van der Waals surface area contributed by atoms with E-state index >= 15 is 0 Å². The van der Waals surface area contributed by atoms with Gasteiger partial charge in [-0.3, -0.25) is 4.98 Å². The van der Waals surface area contributed by atoms with E-state index in [0.717, 1.165) is 12.8 Å². The van der Waals surface area contributed by atoms with Crippen LogP contribution in [0.15, 0.2) is 40.2 Å². The highest BCUT2D eigenvalue weighted by Gasteiger charge is 2.21. The van der Waals surface area contributed by atoms with Gasteiger partial charge < -0.3 is 14.8 Å². The lowest BCUT2D eigenvalue weighted by Gasteiger charge is -2.04. The van der Waals surface area contributed by atoms with Gasteiger partial charge in [-0.25, -0.2) is 9.79 Å². The maximum Gasteiger partial charge on any atom is 0.327 e. The third-order valence-corrected chi connectivity index (χ3v) is 4.43. The minimum absolute atomic E-state index is 0.0635. The van der Waals surface area contributed by atoms with Crippen molar-refractivity contribution in [1.82, 2.24) is 29.5 Å². The second-order valence-electron chi connectivity index (χ2n) is 6.73. The molecule has 0 amide bonds. The number of nitrogens with one attached hydrogen (secondary N) is 2. The summed E-state index contributed by atoms with van der Waals surface area (Å²) in [5, 5.41) is 23.6. The molecule has 11 heteroatoms. The molecule has 0 saturated heterocycles. The van der Waals surface area contributed by atoms with Gasteiger partial charge in [-0.05, 0) is 43.2 Å². The summed E-state index contributed by atoms with van der Waals surface area (Å²) in [7, 11) is 0. The molecule has 0 aliphatic heterocycles. The molecule has 11 nitrogen and oxygen atoms in total. The number of H-pyrrole nitrogens is 2. The van der Waals surface area contributed by atoms with Crippen LogP contribution in [0.4, 0.5) is 0 Å². The summed E-state index contributed by atoms with van der Waals surface area (Å²) in [5.41, 5.74) is 0.922. The Bertz CT molecular complexity index is 1470. The Morgan fingerprint density at radius 3 is 2.73 bits per heavy atom. The monoisotopic (exact) mass is 402 g/mol. The van der Waals surface area contributed by atoms with E-state index in [0.29, 0.717) is 27.8 Å². The molecular formula is C19H14N8O3. The van der Waals surface area contributed by atoms with Crippen molar-refractivity contribution < 1.29 is 9.84 Å². The Hall–Kier alpha value is -4.46. The number of nitriles is 1. The number of hydrogen-bond acceptors (Lipinski definition) is 8. The van der Waals surface area contributed by atoms with Crippen molar-refractivity contribution in [2.45, 2.75) is 18.9 Å². The van der Waals surface area contributed by atoms with Crippen LogP contribution in [-0.4, -0.2) is 40.7 Å². The summed E-state index contributed by atoms with van der Waals surface area (Å²) in [6.07, 6.45) is 5.03. The average molecular weight is 402 g/mol. The molecule has 0 unspecified atom stereocenters. The van der Waals surface area contributed by atoms with E-state index in [2.05, 4.69) is 30.0 Å². The molecule has 1 aliphatic carbocycles. The van der Waals surface area contributed by atoms with Crippen molar-refractivity contribution in [3.05, 3.63) is 63.0 Å². The second-order valence-corrected chi connectivity index (χ2v) is 6.73. The fourth-order valence-corrected chi connectivity index (χ4v) is 2.81.